The van der Waals surface area contributed by atoms with Gasteiger partial charge in [0.25, 0.3) is 11.8 Å². The van der Waals surface area contributed by atoms with Gasteiger partial charge in [-0.2, -0.15) is 9.89 Å². The Hall–Kier alpha value is -5.29. The van der Waals surface area contributed by atoms with Crippen LogP contribution < -0.4 is 25.7 Å². The van der Waals surface area contributed by atoms with Crippen molar-refractivity contribution in [3.05, 3.63) is 87.5 Å². The van der Waals surface area contributed by atoms with Gasteiger partial charge in [-0.3, -0.25) is 44.2 Å². The number of nitrogens with one attached hydrogen (secondary N) is 1. The van der Waals surface area contributed by atoms with E-state index in [1.165, 1.54) is 12.1 Å². The maximum atomic E-state index is 14.2. The fraction of sp³-hybridized carbons (Fsp3) is 0.385. The minimum absolute atomic E-state index is 0.0845. The zero-order chi connectivity index (χ0) is 40.0. The van der Waals surface area contributed by atoms with Crippen LogP contribution in [0.15, 0.2) is 55.0 Å². The molecule has 4 aromatic rings. The molecule has 0 bridgehead atoms. The molecule has 0 radical (unpaired) electrons. The Bertz CT molecular complexity index is 2240. The summed E-state index contributed by atoms with van der Waals surface area (Å²) < 4.78 is 20.2. The number of ether oxygens (including phenoxy) is 1. The molecule has 4 aliphatic rings. The summed E-state index contributed by atoms with van der Waals surface area (Å²) in [5.41, 5.74) is 9.49. The van der Waals surface area contributed by atoms with Crippen LogP contribution in [0, 0.1) is 5.82 Å². The number of hydrogen-bond acceptors (Lipinski definition) is 12. The first kappa shape index (κ1) is 38.6. The van der Waals surface area contributed by atoms with Crippen LogP contribution in [0.4, 0.5) is 15.9 Å². The van der Waals surface area contributed by atoms with E-state index in [9.17, 15) is 23.6 Å². The van der Waals surface area contributed by atoms with Crippen LogP contribution in [0.25, 0.3) is 11.1 Å². The number of amides is 4. The van der Waals surface area contributed by atoms with Crippen LogP contribution in [0.2, 0.25) is 10.0 Å². The second-order valence-corrected chi connectivity index (χ2v) is 15.4. The highest BCUT2D eigenvalue weighted by molar-refractivity contribution is 6.36. The molecule has 0 saturated carbocycles. The maximum absolute atomic E-state index is 14.2. The monoisotopic (exact) mass is 818 g/mol. The number of carbonyl (C=O) groups is 4. The largest absolute Gasteiger partial charge is 0.482 e. The normalized spacial score (nSPS) is 19.9. The molecule has 4 aliphatic heterocycles. The molecule has 298 valence electrons. The van der Waals surface area contributed by atoms with Gasteiger partial charge in [0.1, 0.15) is 18.0 Å². The van der Waals surface area contributed by atoms with Gasteiger partial charge in [-0.05, 0) is 49.7 Å². The second-order valence-electron chi connectivity index (χ2n) is 14.6. The average molecular weight is 820 g/mol. The zero-order valence-electron chi connectivity index (χ0n) is 31.2. The molecule has 6 heterocycles. The number of halogens is 3. The van der Waals surface area contributed by atoms with Gasteiger partial charge in [-0.25, -0.2) is 9.37 Å². The number of anilines is 2. The van der Waals surface area contributed by atoms with Crippen LogP contribution in [-0.4, -0.2) is 125 Å². The van der Waals surface area contributed by atoms with Crippen molar-refractivity contribution in [1.29, 1.82) is 0 Å². The van der Waals surface area contributed by atoms with Gasteiger partial charge in [-0.1, -0.05) is 23.2 Å². The molecule has 0 aliphatic carbocycles. The smallest absolute Gasteiger partial charge is 0.262 e. The third-order valence-corrected chi connectivity index (χ3v) is 11.8. The number of fused-ring (bicyclic) bond motifs is 1. The molecule has 0 spiro atoms. The first-order valence-electron chi connectivity index (χ1n) is 18.9. The number of aromatic nitrogens is 3. The molecule has 2 atom stereocenters. The molecule has 3 fully saturated rings. The topological polar surface area (TPSA) is 162 Å². The standard InChI is InChI=1S/C39H41Cl2FN10O5/c1-23(34-29(40)4-5-30(42)35(34)41)57-32-18-24(20-44-36(32)43)25-21-45-51(22-25)50-16-12-48(13-17-50)9-8-47-10-14-49(15-11-47)26-2-3-27-28(19-26)39(56)52(38(27)55)31-6-7-33(53)46-37(31)54/h2-5,18-23,31H,6-17H2,1H3,(H2,43,44)(H,46,53,54)/t23-,31?/m1/s1. The number of pyridine rings is 1. The van der Waals surface area contributed by atoms with Crippen LogP contribution >= 0.6 is 23.2 Å². The number of nitrogens with two attached hydrogens (primary N) is 1. The summed E-state index contributed by atoms with van der Waals surface area (Å²) in [6, 6.07) is 8.71. The average Bonchev–Trinajstić information content (AvgIpc) is 3.79. The Morgan fingerprint density at radius 1 is 0.895 bits per heavy atom. The molecule has 2 aromatic heterocycles. The molecule has 3 N–H and O–H groups in total. The zero-order valence-corrected chi connectivity index (χ0v) is 32.7. The fourth-order valence-corrected chi connectivity index (χ4v) is 8.50. The number of rotatable bonds is 10. The molecule has 18 heteroatoms. The fourth-order valence-electron chi connectivity index (χ4n) is 7.82. The van der Waals surface area contributed by atoms with Crippen molar-refractivity contribution < 1.29 is 28.3 Å². The molecular weight excluding hydrogens is 778 g/mol. The summed E-state index contributed by atoms with van der Waals surface area (Å²) >= 11 is 12.5. The number of carbonyl (C=O) groups excluding carboxylic acids is 4. The third kappa shape index (κ3) is 7.74. The van der Waals surface area contributed by atoms with Crippen LogP contribution in [-0.2, 0) is 9.59 Å². The van der Waals surface area contributed by atoms with Crippen molar-refractivity contribution in [2.24, 2.45) is 0 Å². The summed E-state index contributed by atoms with van der Waals surface area (Å²) in [7, 11) is 0. The highest BCUT2D eigenvalue weighted by Crippen LogP contribution is 2.37. The van der Waals surface area contributed by atoms with E-state index in [1.54, 1.807) is 37.5 Å². The number of nitrogens with zero attached hydrogens (tertiary/aromatic N) is 8. The van der Waals surface area contributed by atoms with Gasteiger partial charge in [-0.15, -0.1) is 0 Å². The number of hydrogen-bond donors (Lipinski definition) is 2. The number of benzene rings is 2. The van der Waals surface area contributed by atoms with Gasteiger partial charge in [0.2, 0.25) is 11.8 Å². The minimum Gasteiger partial charge on any atom is -0.482 e. The van der Waals surface area contributed by atoms with Crippen LogP contribution in [0.5, 0.6) is 5.75 Å². The van der Waals surface area contributed by atoms with E-state index in [0.717, 1.165) is 87.2 Å². The van der Waals surface area contributed by atoms with Gasteiger partial charge in [0.05, 0.1) is 28.5 Å². The summed E-state index contributed by atoms with van der Waals surface area (Å²) in [6.07, 6.45) is 4.89. The summed E-state index contributed by atoms with van der Waals surface area (Å²) in [5, 5.41) is 9.22. The van der Waals surface area contributed by atoms with Gasteiger partial charge >= 0.3 is 0 Å². The first-order valence-corrected chi connectivity index (χ1v) is 19.6. The van der Waals surface area contributed by atoms with E-state index in [4.69, 9.17) is 33.7 Å². The Morgan fingerprint density at radius 2 is 1.60 bits per heavy atom. The molecule has 4 amide bonds. The first-order chi connectivity index (χ1) is 27.4. The van der Waals surface area contributed by atoms with Crippen LogP contribution in [0.1, 0.15) is 52.1 Å². The number of piperidine rings is 1. The summed E-state index contributed by atoms with van der Waals surface area (Å²) in [5.74, 6) is -2.11. The third-order valence-electron chi connectivity index (χ3n) is 11.1. The van der Waals surface area contributed by atoms with Crippen molar-refractivity contribution in [3.63, 3.8) is 0 Å². The molecule has 57 heavy (non-hydrogen) atoms. The maximum Gasteiger partial charge on any atom is 0.262 e. The predicted octanol–water partition coefficient (Wildman–Crippen LogP) is 3.59. The number of imide groups is 2. The molecule has 8 rings (SSSR count). The van der Waals surface area contributed by atoms with E-state index in [-0.39, 0.29) is 34.3 Å². The van der Waals surface area contributed by atoms with Gasteiger partial charge < -0.3 is 15.4 Å². The lowest BCUT2D eigenvalue weighted by molar-refractivity contribution is -0.136. The Kier molecular flexibility index (Phi) is 10.8. The minimum atomic E-state index is -0.981. The molecule has 2 aromatic carbocycles. The van der Waals surface area contributed by atoms with Crippen molar-refractivity contribution in [1.82, 2.24) is 34.9 Å². The van der Waals surface area contributed by atoms with E-state index < -0.39 is 41.6 Å². The lowest BCUT2D eigenvalue weighted by Crippen LogP contribution is -2.54. The van der Waals surface area contributed by atoms with E-state index in [1.807, 2.05) is 17.1 Å². The Labute approximate surface area is 338 Å². The van der Waals surface area contributed by atoms with E-state index in [0.29, 0.717) is 16.9 Å². The lowest BCUT2D eigenvalue weighted by Gasteiger charge is -2.39. The van der Waals surface area contributed by atoms with Crippen molar-refractivity contribution >= 4 is 58.3 Å². The summed E-state index contributed by atoms with van der Waals surface area (Å²) in [6.45, 7) is 10.2. The molecule has 3 saturated heterocycles. The molecule has 15 nitrogen and oxygen atoms in total. The van der Waals surface area contributed by atoms with Gasteiger partial charge in [0, 0.05) is 105 Å². The predicted molar refractivity (Wildman–Crippen MR) is 211 cm³/mol. The molecular formula is C39H41Cl2FN10O5. The SMILES string of the molecule is C[C@@H](Oc1cc(-c2cnn(N3CCN(CCN4CCN(c5ccc6c(c5)C(=O)N(C5CCC(=O)NC5=O)C6=O)CC4)CC3)c2)cnc1N)c1c(Cl)ccc(F)c1Cl. The highest BCUT2D eigenvalue weighted by Gasteiger charge is 2.45. The summed E-state index contributed by atoms with van der Waals surface area (Å²) in [4.78, 5) is 64.7. The Balaban J connectivity index is 0.803. The molecule has 1 unspecified atom stereocenters. The Morgan fingerprint density at radius 3 is 2.32 bits per heavy atom. The highest BCUT2D eigenvalue weighted by atomic mass is 35.5. The number of nitrogen functional groups attached to an aromatic ring is 1. The number of piperazine rings is 2. The van der Waals surface area contributed by atoms with Crippen molar-refractivity contribution in [2.45, 2.75) is 31.9 Å². The van der Waals surface area contributed by atoms with Crippen molar-refractivity contribution in [2.75, 3.05) is 81.1 Å². The quantitative estimate of drug-likeness (QED) is 0.177. The van der Waals surface area contributed by atoms with Crippen molar-refractivity contribution in [3.8, 4) is 16.9 Å². The second kappa shape index (κ2) is 15.9. The van der Waals surface area contributed by atoms with E-state index in [2.05, 4.69) is 35.1 Å². The van der Waals surface area contributed by atoms with E-state index >= 15 is 0 Å². The lowest BCUT2D eigenvalue weighted by atomic mass is 10.0. The van der Waals surface area contributed by atoms with Crippen LogP contribution in [0.3, 0.4) is 0 Å². The van der Waals surface area contributed by atoms with Gasteiger partial charge in [0.15, 0.2) is 11.6 Å².